The van der Waals surface area contributed by atoms with E-state index in [1.54, 1.807) is 12.1 Å². The zero-order valence-electron chi connectivity index (χ0n) is 10.3. The predicted molar refractivity (Wildman–Crippen MR) is 71.3 cm³/mol. The molecule has 1 heterocycles. The maximum atomic E-state index is 13.5. The van der Waals surface area contributed by atoms with Crippen LogP contribution in [-0.2, 0) is 0 Å². The van der Waals surface area contributed by atoms with Crippen molar-refractivity contribution in [2.75, 3.05) is 5.32 Å². The number of anilines is 1. The van der Waals surface area contributed by atoms with Crippen LogP contribution in [0.15, 0.2) is 36.7 Å². The number of aromatic nitrogens is 1. The number of terminal acetylenes is 1. The van der Waals surface area contributed by atoms with E-state index in [0.717, 1.165) is 5.56 Å². The van der Waals surface area contributed by atoms with E-state index in [4.69, 9.17) is 6.42 Å². The van der Waals surface area contributed by atoms with Gasteiger partial charge < -0.3 is 5.32 Å². The number of rotatable bonds is 2. The molecule has 0 aliphatic carbocycles. The molecule has 1 aromatic heterocycles. The summed E-state index contributed by atoms with van der Waals surface area (Å²) in [5.74, 6) is 1.45. The summed E-state index contributed by atoms with van der Waals surface area (Å²) in [5.41, 5.74) is 1.78. The lowest BCUT2D eigenvalue weighted by molar-refractivity contribution is 0.102. The lowest BCUT2D eigenvalue weighted by atomic mass is 10.2. The average Bonchev–Trinajstić information content (AvgIpc) is 2.43. The third-order valence-electron chi connectivity index (χ3n) is 2.54. The van der Waals surface area contributed by atoms with Crippen LogP contribution >= 0.6 is 0 Å². The van der Waals surface area contributed by atoms with E-state index in [-0.39, 0.29) is 11.3 Å². The highest BCUT2D eigenvalue weighted by atomic mass is 19.1. The van der Waals surface area contributed by atoms with Crippen LogP contribution in [0.4, 0.5) is 10.1 Å². The Morgan fingerprint density at radius 2 is 2.16 bits per heavy atom. The van der Waals surface area contributed by atoms with E-state index in [2.05, 4.69) is 16.2 Å². The summed E-state index contributed by atoms with van der Waals surface area (Å²) >= 11 is 0. The fourth-order valence-corrected chi connectivity index (χ4v) is 1.57. The van der Waals surface area contributed by atoms with Crippen LogP contribution in [0.5, 0.6) is 0 Å². The van der Waals surface area contributed by atoms with Gasteiger partial charge in [-0.3, -0.25) is 9.78 Å². The van der Waals surface area contributed by atoms with Gasteiger partial charge in [-0.25, -0.2) is 4.39 Å². The van der Waals surface area contributed by atoms with Gasteiger partial charge in [-0.15, -0.1) is 6.42 Å². The highest BCUT2D eigenvalue weighted by Gasteiger charge is 2.10. The van der Waals surface area contributed by atoms with Crippen molar-refractivity contribution >= 4 is 11.6 Å². The second-order valence-corrected chi connectivity index (χ2v) is 4.04. The fraction of sp³-hybridized carbons (Fsp3) is 0.0667. The van der Waals surface area contributed by atoms with E-state index in [9.17, 15) is 9.18 Å². The largest absolute Gasteiger partial charge is 0.319 e. The third-order valence-corrected chi connectivity index (χ3v) is 2.54. The maximum Gasteiger partial charge on any atom is 0.257 e. The van der Waals surface area contributed by atoms with E-state index >= 15 is 0 Å². The van der Waals surface area contributed by atoms with Crippen molar-refractivity contribution in [3.8, 4) is 12.3 Å². The number of pyridine rings is 1. The zero-order valence-corrected chi connectivity index (χ0v) is 10.3. The van der Waals surface area contributed by atoms with Crippen LogP contribution in [0.1, 0.15) is 21.5 Å². The molecular weight excluding hydrogens is 243 g/mol. The minimum absolute atomic E-state index is 0.135. The summed E-state index contributed by atoms with van der Waals surface area (Å²) in [5, 5.41) is 2.50. The molecule has 0 unspecified atom stereocenters. The second-order valence-electron chi connectivity index (χ2n) is 4.04. The van der Waals surface area contributed by atoms with E-state index in [0.29, 0.717) is 5.56 Å². The van der Waals surface area contributed by atoms with Crippen molar-refractivity contribution in [3.05, 3.63) is 59.2 Å². The van der Waals surface area contributed by atoms with Crippen molar-refractivity contribution in [1.29, 1.82) is 0 Å². The number of halogens is 1. The van der Waals surface area contributed by atoms with Crippen molar-refractivity contribution in [1.82, 2.24) is 4.98 Å². The van der Waals surface area contributed by atoms with Gasteiger partial charge in [0.15, 0.2) is 0 Å². The number of amides is 1. The fourth-order valence-electron chi connectivity index (χ4n) is 1.57. The van der Waals surface area contributed by atoms with Gasteiger partial charge in [0, 0.05) is 18.0 Å². The minimum atomic E-state index is -0.486. The number of hydrogen-bond acceptors (Lipinski definition) is 2. The van der Waals surface area contributed by atoms with Gasteiger partial charge in [0.05, 0.1) is 11.3 Å². The predicted octanol–water partition coefficient (Wildman–Crippen LogP) is 2.76. The highest BCUT2D eigenvalue weighted by Crippen LogP contribution is 2.16. The first-order valence-corrected chi connectivity index (χ1v) is 5.59. The van der Waals surface area contributed by atoms with Gasteiger partial charge in [0.2, 0.25) is 0 Å². The topological polar surface area (TPSA) is 42.0 Å². The summed E-state index contributed by atoms with van der Waals surface area (Å²) in [6.07, 6.45) is 8.09. The third kappa shape index (κ3) is 2.96. The van der Waals surface area contributed by atoms with Gasteiger partial charge >= 0.3 is 0 Å². The Hall–Kier alpha value is -2.67. The van der Waals surface area contributed by atoms with Crippen LogP contribution in [-0.4, -0.2) is 10.9 Å². The second kappa shape index (κ2) is 5.32. The first-order chi connectivity index (χ1) is 9.10. The molecule has 4 heteroatoms. The first-order valence-electron chi connectivity index (χ1n) is 5.59. The highest BCUT2D eigenvalue weighted by molar-refractivity contribution is 6.04. The van der Waals surface area contributed by atoms with Crippen molar-refractivity contribution in [2.45, 2.75) is 6.92 Å². The van der Waals surface area contributed by atoms with Crippen LogP contribution in [0.3, 0.4) is 0 Å². The van der Waals surface area contributed by atoms with Crippen LogP contribution < -0.4 is 5.32 Å². The monoisotopic (exact) mass is 254 g/mol. The van der Waals surface area contributed by atoms with Crippen LogP contribution in [0.25, 0.3) is 0 Å². The molecule has 0 atom stereocenters. The van der Waals surface area contributed by atoms with Crippen molar-refractivity contribution in [3.63, 3.8) is 0 Å². The molecule has 2 aromatic rings. The Balaban J connectivity index is 2.26. The lowest BCUT2D eigenvalue weighted by Gasteiger charge is -2.07. The molecule has 0 saturated carbocycles. The van der Waals surface area contributed by atoms with Crippen LogP contribution in [0.2, 0.25) is 0 Å². The van der Waals surface area contributed by atoms with Gasteiger partial charge in [0.1, 0.15) is 5.82 Å². The molecule has 0 aliphatic rings. The normalized spacial score (nSPS) is 9.74. The van der Waals surface area contributed by atoms with E-state index in [1.165, 1.54) is 24.5 Å². The van der Waals surface area contributed by atoms with Crippen LogP contribution in [0, 0.1) is 25.1 Å². The zero-order chi connectivity index (χ0) is 13.8. The van der Waals surface area contributed by atoms with Crippen molar-refractivity contribution in [2.24, 2.45) is 0 Å². The molecule has 1 N–H and O–H groups in total. The summed E-state index contributed by atoms with van der Waals surface area (Å²) in [4.78, 5) is 15.8. The number of carbonyl (C=O) groups excluding carboxylic acids is 1. The smallest absolute Gasteiger partial charge is 0.257 e. The molecule has 1 amide bonds. The summed E-state index contributed by atoms with van der Waals surface area (Å²) < 4.78 is 13.5. The number of nitrogens with one attached hydrogen (secondary N) is 1. The Morgan fingerprint density at radius 1 is 1.37 bits per heavy atom. The number of hydrogen-bond donors (Lipinski definition) is 1. The maximum absolute atomic E-state index is 13.5. The molecule has 0 saturated heterocycles. The first kappa shape index (κ1) is 12.8. The van der Waals surface area contributed by atoms with E-state index in [1.807, 2.05) is 6.92 Å². The molecule has 0 spiro atoms. The Labute approximate surface area is 110 Å². The molecule has 2 rings (SSSR count). The van der Waals surface area contributed by atoms with Gasteiger partial charge in [-0.05, 0) is 30.7 Å². The lowest BCUT2D eigenvalue weighted by Crippen LogP contribution is -2.13. The molecule has 0 aliphatic heterocycles. The summed E-state index contributed by atoms with van der Waals surface area (Å²) in [6.45, 7) is 1.82. The van der Waals surface area contributed by atoms with Crippen molar-refractivity contribution < 1.29 is 9.18 Å². The molecular formula is C15H11FN2O. The number of nitrogens with zero attached hydrogens (tertiary/aromatic N) is 1. The average molecular weight is 254 g/mol. The summed E-state index contributed by atoms with van der Waals surface area (Å²) in [7, 11) is 0. The SMILES string of the molecule is C#Cc1cncc(C(=O)Nc2cc(C)ccc2F)c1. The molecule has 1 aromatic carbocycles. The Kier molecular flexibility index (Phi) is 3.58. The Morgan fingerprint density at radius 3 is 2.89 bits per heavy atom. The molecule has 0 bridgehead atoms. The Bertz CT molecular complexity index is 674. The molecule has 0 fully saturated rings. The molecule has 94 valence electrons. The number of carbonyl (C=O) groups is 1. The molecule has 0 radical (unpaired) electrons. The quantitative estimate of drug-likeness (QED) is 0.837. The molecule has 19 heavy (non-hydrogen) atoms. The molecule has 3 nitrogen and oxygen atoms in total. The number of aryl methyl sites for hydroxylation is 1. The van der Waals surface area contributed by atoms with Gasteiger partial charge in [-0.1, -0.05) is 12.0 Å². The standard InChI is InChI=1S/C15H11FN2O/c1-3-11-7-12(9-17-8-11)15(19)18-14-6-10(2)4-5-13(14)16/h1,4-9H,2H3,(H,18,19). The minimum Gasteiger partial charge on any atom is -0.319 e. The van der Waals surface area contributed by atoms with E-state index < -0.39 is 11.7 Å². The number of benzene rings is 1. The van der Waals surface area contributed by atoms with Gasteiger partial charge in [-0.2, -0.15) is 0 Å². The van der Waals surface area contributed by atoms with Gasteiger partial charge in [0.25, 0.3) is 5.91 Å². The summed E-state index contributed by atoms with van der Waals surface area (Å²) in [6, 6.07) is 6.02.